The largest absolute Gasteiger partial charge is 0.356 e. The van der Waals surface area contributed by atoms with Crippen LogP contribution in [-0.4, -0.2) is 46.0 Å². The zero-order valence-corrected chi connectivity index (χ0v) is 17.4. The molecule has 0 saturated carbocycles. The highest BCUT2D eigenvalue weighted by atomic mass is 127. The number of hydrogen-bond acceptors (Lipinski definition) is 3. The van der Waals surface area contributed by atoms with E-state index < -0.39 is 9.84 Å². The molecule has 0 aliphatic heterocycles. The van der Waals surface area contributed by atoms with Gasteiger partial charge in [-0.1, -0.05) is 24.3 Å². The highest BCUT2D eigenvalue weighted by Crippen LogP contribution is 2.06. The topological polar surface area (TPSA) is 70.6 Å². The molecule has 0 aliphatic rings. The highest BCUT2D eigenvalue weighted by Gasteiger charge is 2.09. The predicted molar refractivity (Wildman–Crippen MR) is 109 cm³/mol. The van der Waals surface area contributed by atoms with Crippen molar-refractivity contribution in [3.05, 3.63) is 35.4 Å². The molecule has 1 rings (SSSR count). The summed E-state index contributed by atoms with van der Waals surface area (Å²) in [5.41, 5.74) is 2.60. The Morgan fingerprint density at radius 3 is 2.52 bits per heavy atom. The Morgan fingerprint density at radius 1 is 1.30 bits per heavy atom. The van der Waals surface area contributed by atoms with Crippen LogP contribution in [0.3, 0.4) is 0 Å². The minimum Gasteiger partial charge on any atom is -0.356 e. The van der Waals surface area contributed by atoms with Gasteiger partial charge < -0.3 is 10.6 Å². The Balaban J connectivity index is 0.00000484. The Bertz CT molecular complexity index is 603. The first-order valence-electron chi connectivity index (χ1n) is 7.51. The molecule has 5 nitrogen and oxygen atoms in total. The van der Waals surface area contributed by atoms with Gasteiger partial charge in [-0.15, -0.1) is 24.0 Å². The minimum atomic E-state index is -2.92. The van der Waals surface area contributed by atoms with Gasteiger partial charge in [0.2, 0.25) is 0 Å². The van der Waals surface area contributed by atoms with Gasteiger partial charge in [0.25, 0.3) is 0 Å². The van der Waals surface area contributed by atoms with E-state index in [0.717, 1.165) is 13.0 Å². The van der Waals surface area contributed by atoms with Gasteiger partial charge in [0.05, 0.1) is 5.75 Å². The van der Waals surface area contributed by atoms with Crippen LogP contribution in [0.25, 0.3) is 0 Å². The molecule has 0 saturated heterocycles. The fourth-order valence-electron chi connectivity index (χ4n) is 2.10. The van der Waals surface area contributed by atoms with Crippen molar-refractivity contribution in [1.29, 1.82) is 0 Å². The maximum Gasteiger partial charge on any atom is 0.191 e. The first kappa shape index (κ1) is 22.2. The molecule has 0 fully saturated rings. The second-order valence-electron chi connectivity index (χ2n) is 5.64. The number of hydrogen-bond donors (Lipinski definition) is 2. The Kier molecular flexibility index (Phi) is 10.5. The minimum absolute atomic E-state index is 0. The number of halogens is 1. The Hall–Kier alpha value is -0.830. The molecule has 1 atom stereocenters. The van der Waals surface area contributed by atoms with Crippen molar-refractivity contribution in [3.63, 3.8) is 0 Å². The average Bonchev–Trinajstić information content (AvgIpc) is 2.45. The van der Waals surface area contributed by atoms with Gasteiger partial charge in [0.15, 0.2) is 5.96 Å². The number of sulfone groups is 1. The fourth-order valence-corrected chi connectivity index (χ4v) is 2.88. The molecular weight excluding hydrogens is 425 g/mol. The Labute approximate surface area is 157 Å². The van der Waals surface area contributed by atoms with Crippen molar-refractivity contribution in [2.75, 3.05) is 25.6 Å². The van der Waals surface area contributed by atoms with Crippen molar-refractivity contribution in [2.24, 2.45) is 4.99 Å². The first-order valence-corrected chi connectivity index (χ1v) is 9.57. The molecule has 0 amide bonds. The third-order valence-corrected chi connectivity index (χ3v) is 4.45. The summed E-state index contributed by atoms with van der Waals surface area (Å²) < 4.78 is 22.4. The lowest BCUT2D eigenvalue weighted by atomic mass is 10.1. The molecule has 0 radical (unpaired) electrons. The van der Waals surface area contributed by atoms with Crippen molar-refractivity contribution in [1.82, 2.24) is 10.6 Å². The smallest absolute Gasteiger partial charge is 0.191 e. The summed E-state index contributed by atoms with van der Waals surface area (Å²) >= 11 is 0. The lowest BCUT2D eigenvalue weighted by Gasteiger charge is -2.17. The second-order valence-corrected chi connectivity index (χ2v) is 7.90. The van der Waals surface area contributed by atoms with Gasteiger partial charge in [-0.25, -0.2) is 8.42 Å². The van der Waals surface area contributed by atoms with Crippen molar-refractivity contribution in [2.45, 2.75) is 32.7 Å². The first-order chi connectivity index (χ1) is 10.3. The summed E-state index contributed by atoms with van der Waals surface area (Å²) in [6, 6.07) is 8.37. The van der Waals surface area contributed by atoms with E-state index in [9.17, 15) is 8.42 Å². The summed E-state index contributed by atoms with van der Waals surface area (Å²) in [4.78, 5) is 4.17. The summed E-state index contributed by atoms with van der Waals surface area (Å²) in [6.45, 7) is 4.85. The monoisotopic (exact) mass is 453 g/mol. The molecule has 7 heteroatoms. The Morgan fingerprint density at radius 2 is 1.96 bits per heavy atom. The van der Waals surface area contributed by atoms with Crippen molar-refractivity contribution < 1.29 is 8.42 Å². The van der Waals surface area contributed by atoms with E-state index in [-0.39, 0.29) is 35.8 Å². The van der Waals surface area contributed by atoms with Gasteiger partial charge in [-0.3, -0.25) is 4.99 Å². The summed E-state index contributed by atoms with van der Waals surface area (Å²) in [5, 5.41) is 6.48. The fraction of sp³-hybridized carbons (Fsp3) is 0.562. The van der Waals surface area contributed by atoms with E-state index in [4.69, 9.17) is 0 Å². The van der Waals surface area contributed by atoms with Crippen LogP contribution >= 0.6 is 24.0 Å². The maximum atomic E-state index is 11.2. The lowest BCUT2D eigenvalue weighted by Crippen LogP contribution is -2.43. The highest BCUT2D eigenvalue weighted by molar-refractivity contribution is 14.0. The standard InChI is InChI=1S/C16H27N3O2S.HI/c1-13-7-5-6-8-15(13)9-11-18-16(17-3)19-14(2)10-12-22(4,20)21;/h5-8,14H,9-12H2,1-4H3,(H2,17,18,19);1H. The lowest BCUT2D eigenvalue weighted by molar-refractivity contribution is 0.581. The zero-order valence-electron chi connectivity index (χ0n) is 14.3. The molecule has 132 valence electrons. The van der Waals surface area contributed by atoms with Crippen LogP contribution in [0.5, 0.6) is 0 Å². The van der Waals surface area contributed by atoms with E-state index in [1.165, 1.54) is 17.4 Å². The molecule has 23 heavy (non-hydrogen) atoms. The van der Waals surface area contributed by atoms with Gasteiger partial charge >= 0.3 is 0 Å². The second kappa shape index (κ2) is 10.9. The summed E-state index contributed by atoms with van der Waals surface area (Å²) in [7, 11) is -1.21. The molecule has 2 N–H and O–H groups in total. The molecule has 1 unspecified atom stereocenters. The predicted octanol–water partition coefficient (Wildman–Crippen LogP) is 2.14. The van der Waals surface area contributed by atoms with Crippen LogP contribution in [0.2, 0.25) is 0 Å². The number of aliphatic imine (C=N–C) groups is 1. The molecule has 0 heterocycles. The number of benzene rings is 1. The third kappa shape index (κ3) is 9.80. The number of rotatable bonds is 7. The number of nitrogens with zero attached hydrogens (tertiary/aromatic N) is 1. The normalized spacial score (nSPS) is 13.1. The van der Waals surface area contributed by atoms with E-state index >= 15 is 0 Å². The summed E-state index contributed by atoms with van der Waals surface area (Å²) in [5.74, 6) is 0.885. The van der Waals surface area contributed by atoms with E-state index in [0.29, 0.717) is 12.4 Å². The van der Waals surface area contributed by atoms with Crippen LogP contribution in [0.15, 0.2) is 29.3 Å². The molecule has 0 aliphatic carbocycles. The number of nitrogens with one attached hydrogen (secondary N) is 2. The third-order valence-electron chi connectivity index (χ3n) is 3.48. The van der Waals surface area contributed by atoms with Crippen LogP contribution < -0.4 is 10.6 Å². The van der Waals surface area contributed by atoms with Gasteiger partial charge in [0, 0.05) is 25.9 Å². The maximum absolute atomic E-state index is 11.2. The molecule has 1 aromatic rings. The molecule has 1 aromatic carbocycles. The molecule has 0 spiro atoms. The molecular formula is C16H28IN3O2S. The van der Waals surface area contributed by atoms with Crippen LogP contribution in [0.1, 0.15) is 24.5 Å². The van der Waals surface area contributed by atoms with Gasteiger partial charge in [-0.05, 0) is 37.8 Å². The van der Waals surface area contributed by atoms with Crippen molar-refractivity contribution in [3.8, 4) is 0 Å². The zero-order chi connectivity index (χ0) is 16.6. The van der Waals surface area contributed by atoms with E-state index in [1.54, 1.807) is 7.05 Å². The van der Waals surface area contributed by atoms with Crippen LogP contribution in [0.4, 0.5) is 0 Å². The van der Waals surface area contributed by atoms with Crippen LogP contribution in [-0.2, 0) is 16.3 Å². The average molecular weight is 453 g/mol. The van der Waals surface area contributed by atoms with Crippen molar-refractivity contribution >= 4 is 39.8 Å². The molecule has 0 bridgehead atoms. The van der Waals surface area contributed by atoms with Gasteiger partial charge in [-0.2, -0.15) is 0 Å². The SMILES string of the molecule is CN=C(NCCc1ccccc1C)NC(C)CCS(C)(=O)=O.I. The van der Waals surface area contributed by atoms with Crippen LogP contribution in [0, 0.1) is 6.92 Å². The van der Waals surface area contributed by atoms with Gasteiger partial charge in [0.1, 0.15) is 9.84 Å². The molecule has 0 aromatic heterocycles. The van der Waals surface area contributed by atoms with E-state index in [1.807, 2.05) is 19.1 Å². The van der Waals surface area contributed by atoms with E-state index in [2.05, 4.69) is 34.7 Å². The number of guanidine groups is 1. The summed E-state index contributed by atoms with van der Waals surface area (Å²) in [6.07, 6.45) is 2.75. The number of aryl methyl sites for hydroxylation is 1. The quantitative estimate of drug-likeness (QED) is 0.377.